The predicted molar refractivity (Wildman–Crippen MR) is 88.2 cm³/mol. The number of benzene rings is 2. The first-order valence-corrected chi connectivity index (χ1v) is 7.30. The maximum absolute atomic E-state index is 12.9. The van der Waals surface area contributed by atoms with Gasteiger partial charge in [-0.05, 0) is 18.2 Å². The maximum Gasteiger partial charge on any atom is 0.417 e. The van der Waals surface area contributed by atoms with Crippen LogP contribution in [0.4, 0.5) is 13.2 Å². The lowest BCUT2D eigenvalue weighted by molar-refractivity contribution is -0.137. The number of carbonyl (C=O) groups excluding carboxylic acids is 1. The summed E-state index contributed by atoms with van der Waals surface area (Å²) in [6.45, 7) is 0. The Kier molecular flexibility index (Phi) is 4.47. The number of hydrazone groups is 1. The number of pyridine rings is 1. The molecule has 25 heavy (non-hydrogen) atoms. The van der Waals surface area contributed by atoms with Crippen LogP contribution in [0.15, 0.2) is 65.8 Å². The van der Waals surface area contributed by atoms with Gasteiger partial charge in [-0.2, -0.15) is 18.3 Å². The van der Waals surface area contributed by atoms with Crippen LogP contribution in [0.2, 0.25) is 0 Å². The monoisotopic (exact) mass is 343 g/mol. The van der Waals surface area contributed by atoms with E-state index < -0.39 is 17.6 Å². The number of hydrogen-bond acceptors (Lipinski definition) is 3. The zero-order chi connectivity index (χ0) is 17.9. The average Bonchev–Trinajstić information content (AvgIpc) is 2.60. The van der Waals surface area contributed by atoms with E-state index in [0.717, 1.165) is 17.7 Å². The number of hydrogen-bond donors (Lipinski definition) is 1. The highest BCUT2D eigenvalue weighted by Gasteiger charge is 2.32. The second kappa shape index (κ2) is 6.72. The summed E-state index contributed by atoms with van der Waals surface area (Å²) in [4.78, 5) is 16.2. The Morgan fingerprint density at radius 1 is 1.00 bits per heavy atom. The standard InChI is InChI=1S/C18H12F3N3O/c19-18(20,21)14-7-3-1-6-13(14)11-22-24-17(25)16-10-9-12-5-2-4-8-15(12)23-16/h1-11H,(H,24,25)/b22-11+. The second-order valence-corrected chi connectivity index (χ2v) is 5.17. The number of nitrogens with one attached hydrogen (secondary N) is 1. The second-order valence-electron chi connectivity index (χ2n) is 5.17. The summed E-state index contributed by atoms with van der Waals surface area (Å²) < 4.78 is 38.7. The molecule has 0 aliphatic carbocycles. The highest BCUT2D eigenvalue weighted by molar-refractivity contribution is 5.95. The van der Waals surface area contributed by atoms with Crippen LogP contribution in [0.3, 0.4) is 0 Å². The molecular weight excluding hydrogens is 331 g/mol. The quantitative estimate of drug-likeness (QED) is 0.577. The van der Waals surface area contributed by atoms with E-state index in [1.807, 2.05) is 12.1 Å². The van der Waals surface area contributed by atoms with Crippen molar-refractivity contribution in [1.29, 1.82) is 0 Å². The minimum atomic E-state index is -4.49. The number of nitrogens with zero attached hydrogens (tertiary/aromatic N) is 2. The number of aromatic nitrogens is 1. The van der Waals surface area contributed by atoms with E-state index in [-0.39, 0.29) is 11.3 Å². The van der Waals surface area contributed by atoms with Crippen LogP contribution in [0.1, 0.15) is 21.6 Å². The van der Waals surface area contributed by atoms with Crippen LogP contribution in [0.5, 0.6) is 0 Å². The van der Waals surface area contributed by atoms with Crippen molar-refractivity contribution in [3.63, 3.8) is 0 Å². The normalized spacial score (nSPS) is 11.8. The Morgan fingerprint density at radius 2 is 1.72 bits per heavy atom. The van der Waals surface area contributed by atoms with Crippen molar-refractivity contribution in [3.8, 4) is 0 Å². The summed E-state index contributed by atoms with van der Waals surface area (Å²) >= 11 is 0. The third kappa shape index (κ3) is 3.82. The molecule has 0 saturated carbocycles. The Balaban J connectivity index is 1.77. The van der Waals surface area contributed by atoms with Crippen LogP contribution >= 0.6 is 0 Å². The molecule has 1 N–H and O–H groups in total. The van der Waals surface area contributed by atoms with E-state index in [1.165, 1.54) is 24.3 Å². The number of halogens is 3. The number of alkyl halides is 3. The van der Waals surface area contributed by atoms with E-state index in [0.29, 0.717) is 5.52 Å². The summed E-state index contributed by atoms with van der Waals surface area (Å²) in [6.07, 6.45) is -3.53. The van der Waals surface area contributed by atoms with E-state index in [2.05, 4.69) is 15.5 Å². The largest absolute Gasteiger partial charge is 0.417 e. The van der Waals surface area contributed by atoms with Crippen LogP contribution in [-0.4, -0.2) is 17.1 Å². The molecule has 4 nitrogen and oxygen atoms in total. The third-order valence-electron chi connectivity index (χ3n) is 3.47. The summed E-state index contributed by atoms with van der Waals surface area (Å²) in [6, 6.07) is 15.5. The topological polar surface area (TPSA) is 54.4 Å². The van der Waals surface area contributed by atoms with Gasteiger partial charge >= 0.3 is 6.18 Å². The molecule has 1 heterocycles. The number of amides is 1. The van der Waals surface area contributed by atoms with Gasteiger partial charge in [-0.3, -0.25) is 4.79 Å². The molecule has 0 fully saturated rings. The van der Waals surface area contributed by atoms with Gasteiger partial charge in [-0.25, -0.2) is 10.4 Å². The number of carbonyl (C=O) groups is 1. The fraction of sp³-hybridized carbons (Fsp3) is 0.0556. The Labute approximate surface area is 141 Å². The molecule has 0 unspecified atom stereocenters. The number of fused-ring (bicyclic) bond motifs is 1. The van der Waals surface area contributed by atoms with Crippen molar-refractivity contribution in [2.24, 2.45) is 5.10 Å². The van der Waals surface area contributed by atoms with Gasteiger partial charge in [0, 0.05) is 10.9 Å². The predicted octanol–water partition coefficient (Wildman–Crippen LogP) is 4.02. The van der Waals surface area contributed by atoms with Crippen LogP contribution in [0, 0.1) is 0 Å². The molecule has 0 aliphatic heterocycles. The van der Waals surface area contributed by atoms with Gasteiger partial charge in [0.25, 0.3) is 5.91 Å². The number of rotatable bonds is 3. The summed E-state index contributed by atoms with van der Waals surface area (Å²) in [5.41, 5.74) is 2.00. The van der Waals surface area contributed by atoms with Crippen molar-refractivity contribution >= 4 is 23.0 Å². The van der Waals surface area contributed by atoms with Crippen molar-refractivity contribution in [2.75, 3.05) is 0 Å². The van der Waals surface area contributed by atoms with Gasteiger partial charge in [0.1, 0.15) is 5.69 Å². The maximum atomic E-state index is 12.9. The molecule has 126 valence electrons. The Hall–Kier alpha value is -3.22. The van der Waals surface area contributed by atoms with Gasteiger partial charge in [0.2, 0.25) is 0 Å². The summed E-state index contributed by atoms with van der Waals surface area (Å²) in [5, 5.41) is 4.48. The summed E-state index contributed by atoms with van der Waals surface area (Å²) in [7, 11) is 0. The van der Waals surface area contributed by atoms with E-state index in [9.17, 15) is 18.0 Å². The van der Waals surface area contributed by atoms with Gasteiger partial charge in [-0.15, -0.1) is 0 Å². The zero-order valence-corrected chi connectivity index (χ0v) is 12.8. The van der Waals surface area contributed by atoms with Crippen LogP contribution in [-0.2, 0) is 6.18 Å². The minimum Gasteiger partial charge on any atom is -0.266 e. The first kappa shape index (κ1) is 16.6. The van der Waals surface area contributed by atoms with Crippen molar-refractivity contribution < 1.29 is 18.0 Å². The van der Waals surface area contributed by atoms with E-state index >= 15 is 0 Å². The molecule has 7 heteroatoms. The molecule has 3 rings (SSSR count). The van der Waals surface area contributed by atoms with Gasteiger partial charge < -0.3 is 0 Å². The molecule has 0 bridgehead atoms. The molecule has 0 atom stereocenters. The molecule has 1 aromatic heterocycles. The van der Waals surface area contributed by atoms with Gasteiger partial charge in [-0.1, -0.05) is 42.5 Å². The molecule has 3 aromatic rings. The van der Waals surface area contributed by atoms with Gasteiger partial charge in [0.05, 0.1) is 17.3 Å². The van der Waals surface area contributed by atoms with Crippen molar-refractivity contribution in [1.82, 2.24) is 10.4 Å². The van der Waals surface area contributed by atoms with E-state index in [1.54, 1.807) is 18.2 Å². The Morgan fingerprint density at radius 3 is 2.52 bits per heavy atom. The molecule has 0 saturated heterocycles. The molecule has 1 amide bonds. The fourth-order valence-corrected chi connectivity index (χ4v) is 2.28. The number of para-hydroxylation sites is 1. The minimum absolute atomic E-state index is 0.125. The van der Waals surface area contributed by atoms with Crippen molar-refractivity contribution in [2.45, 2.75) is 6.18 Å². The molecular formula is C18H12F3N3O. The lowest BCUT2D eigenvalue weighted by Crippen LogP contribution is -2.19. The first-order chi connectivity index (χ1) is 11.9. The van der Waals surface area contributed by atoms with E-state index in [4.69, 9.17) is 0 Å². The molecule has 0 aliphatic rings. The molecule has 2 aromatic carbocycles. The molecule has 0 radical (unpaired) electrons. The molecule has 0 spiro atoms. The lowest BCUT2D eigenvalue weighted by Gasteiger charge is -2.09. The third-order valence-corrected chi connectivity index (χ3v) is 3.47. The fourth-order valence-electron chi connectivity index (χ4n) is 2.28. The lowest BCUT2D eigenvalue weighted by atomic mass is 10.1. The summed E-state index contributed by atoms with van der Waals surface area (Å²) in [5.74, 6) is -0.605. The van der Waals surface area contributed by atoms with Crippen molar-refractivity contribution in [3.05, 3.63) is 77.5 Å². The zero-order valence-electron chi connectivity index (χ0n) is 12.8. The highest BCUT2D eigenvalue weighted by atomic mass is 19.4. The smallest absolute Gasteiger partial charge is 0.266 e. The average molecular weight is 343 g/mol. The first-order valence-electron chi connectivity index (χ1n) is 7.30. The van der Waals surface area contributed by atoms with Crippen LogP contribution < -0.4 is 5.43 Å². The SMILES string of the molecule is O=C(N/N=C/c1ccccc1C(F)(F)F)c1ccc2ccccc2n1. The Bertz CT molecular complexity index is 951. The van der Waals surface area contributed by atoms with Crippen LogP contribution in [0.25, 0.3) is 10.9 Å². The van der Waals surface area contributed by atoms with Gasteiger partial charge in [0.15, 0.2) is 0 Å². The highest BCUT2D eigenvalue weighted by Crippen LogP contribution is 2.31.